The number of benzene rings is 1. The van der Waals surface area contributed by atoms with Crippen LogP contribution in [0.15, 0.2) is 30.6 Å². The molecule has 0 aliphatic rings. The predicted molar refractivity (Wildman–Crippen MR) is 87.8 cm³/mol. The van der Waals surface area contributed by atoms with E-state index in [1.54, 1.807) is 6.07 Å². The van der Waals surface area contributed by atoms with Crippen LogP contribution in [0.5, 0.6) is 0 Å². The lowest BCUT2D eigenvalue weighted by Gasteiger charge is -2.15. The summed E-state index contributed by atoms with van der Waals surface area (Å²) in [6.07, 6.45) is 0.893. The van der Waals surface area contributed by atoms with Crippen molar-refractivity contribution < 1.29 is 5.11 Å². The van der Waals surface area contributed by atoms with Crippen molar-refractivity contribution in [2.45, 2.75) is 33.8 Å². The molecule has 21 heavy (non-hydrogen) atoms. The molecule has 0 bridgehead atoms. The van der Waals surface area contributed by atoms with Crippen molar-refractivity contribution in [3.63, 3.8) is 0 Å². The number of aromatic nitrogens is 2. The van der Waals surface area contributed by atoms with E-state index >= 15 is 0 Å². The van der Waals surface area contributed by atoms with Crippen molar-refractivity contribution in [2.24, 2.45) is 0 Å². The highest BCUT2D eigenvalue weighted by Gasteiger charge is 2.10. The summed E-state index contributed by atoms with van der Waals surface area (Å²) in [6.45, 7) is 8.21. The zero-order valence-corrected chi connectivity index (χ0v) is 13.6. The lowest BCUT2D eigenvalue weighted by molar-refractivity contribution is 0.191. The fraction of sp³-hybridized carbons (Fsp3) is 0.375. The summed E-state index contributed by atoms with van der Waals surface area (Å²) < 4.78 is 0. The summed E-state index contributed by atoms with van der Waals surface area (Å²) in [4.78, 5) is 8.11. The van der Waals surface area contributed by atoms with Gasteiger partial charge in [0.25, 0.3) is 0 Å². The molecular formula is C16H22ClN3O. The Kier molecular flexibility index (Phi) is 7.12. The smallest absolute Gasteiger partial charge is 0.129 e. The third-order valence-corrected chi connectivity index (χ3v) is 3.11. The highest BCUT2D eigenvalue weighted by atomic mass is 35.5. The number of aryl methyl sites for hydroxylation is 2. The van der Waals surface area contributed by atoms with E-state index in [1.807, 2.05) is 45.9 Å². The van der Waals surface area contributed by atoms with E-state index < -0.39 is 6.10 Å². The van der Waals surface area contributed by atoms with Gasteiger partial charge in [0.05, 0.1) is 6.10 Å². The fourth-order valence-electron chi connectivity index (χ4n) is 1.88. The predicted octanol–water partition coefficient (Wildman–Crippen LogP) is 3.92. The first-order valence-electron chi connectivity index (χ1n) is 7.03. The molecule has 0 saturated carbocycles. The van der Waals surface area contributed by atoms with E-state index in [0.29, 0.717) is 17.4 Å². The minimum Gasteiger partial charge on any atom is -0.387 e. The topological polar surface area (TPSA) is 58.0 Å². The van der Waals surface area contributed by atoms with Crippen LogP contribution in [0.25, 0.3) is 0 Å². The summed E-state index contributed by atoms with van der Waals surface area (Å²) in [5.41, 5.74) is 2.72. The highest BCUT2D eigenvalue weighted by molar-refractivity contribution is 6.30. The number of aliphatic hydroxyl groups excluding tert-OH is 1. The second-order valence-electron chi connectivity index (χ2n) is 4.44. The first-order chi connectivity index (χ1) is 10.1. The van der Waals surface area contributed by atoms with E-state index in [1.165, 1.54) is 6.33 Å². The van der Waals surface area contributed by atoms with Crippen LogP contribution >= 0.6 is 11.6 Å². The van der Waals surface area contributed by atoms with Gasteiger partial charge in [-0.15, -0.1) is 0 Å². The quantitative estimate of drug-likeness (QED) is 0.899. The van der Waals surface area contributed by atoms with Gasteiger partial charge in [0, 0.05) is 23.3 Å². The van der Waals surface area contributed by atoms with Crippen molar-refractivity contribution in [3.8, 4) is 0 Å². The summed E-state index contributed by atoms with van der Waals surface area (Å²) in [5.74, 6) is 0.707. The number of rotatable bonds is 4. The second kappa shape index (κ2) is 8.60. The summed E-state index contributed by atoms with van der Waals surface area (Å²) in [6, 6.07) is 7.30. The van der Waals surface area contributed by atoms with Crippen LogP contribution in [0.4, 0.5) is 5.82 Å². The first kappa shape index (κ1) is 17.4. The van der Waals surface area contributed by atoms with Crippen LogP contribution in [-0.4, -0.2) is 21.6 Å². The Hall–Kier alpha value is -1.65. The molecule has 0 fully saturated rings. The molecule has 1 aromatic heterocycles. The molecule has 114 valence electrons. The van der Waals surface area contributed by atoms with Crippen LogP contribution in [0, 0.1) is 13.8 Å². The Morgan fingerprint density at radius 3 is 2.52 bits per heavy atom. The molecule has 1 atom stereocenters. The van der Waals surface area contributed by atoms with Gasteiger partial charge in [-0.2, -0.15) is 0 Å². The Morgan fingerprint density at radius 2 is 1.90 bits per heavy atom. The fourth-order valence-corrected chi connectivity index (χ4v) is 2.10. The van der Waals surface area contributed by atoms with E-state index in [0.717, 1.165) is 16.8 Å². The first-order valence-corrected chi connectivity index (χ1v) is 7.40. The zero-order chi connectivity index (χ0) is 15.8. The lowest BCUT2D eigenvalue weighted by atomic mass is 10.0. The molecule has 1 heterocycles. The van der Waals surface area contributed by atoms with Crippen molar-refractivity contribution in [1.82, 2.24) is 9.97 Å². The van der Waals surface area contributed by atoms with E-state index in [9.17, 15) is 5.11 Å². The molecule has 2 N–H and O–H groups in total. The maximum absolute atomic E-state index is 10.2. The normalized spacial score (nSPS) is 11.3. The number of hydrogen-bond donors (Lipinski definition) is 2. The monoisotopic (exact) mass is 307 g/mol. The maximum atomic E-state index is 10.2. The van der Waals surface area contributed by atoms with Crippen LogP contribution in [0.1, 0.15) is 36.8 Å². The average Bonchev–Trinajstić information content (AvgIpc) is 2.47. The molecule has 2 aromatic rings. The molecule has 1 unspecified atom stereocenters. The van der Waals surface area contributed by atoms with Gasteiger partial charge in [-0.1, -0.05) is 31.5 Å². The molecule has 0 aliphatic heterocycles. The van der Waals surface area contributed by atoms with E-state index in [-0.39, 0.29) is 0 Å². The zero-order valence-electron chi connectivity index (χ0n) is 12.9. The summed E-state index contributed by atoms with van der Waals surface area (Å²) in [7, 11) is 0. The second-order valence-corrected chi connectivity index (χ2v) is 4.88. The minimum atomic E-state index is -0.604. The number of anilines is 1. The number of aliphatic hydroxyl groups is 1. The third kappa shape index (κ3) is 5.33. The van der Waals surface area contributed by atoms with E-state index in [4.69, 9.17) is 11.6 Å². The largest absolute Gasteiger partial charge is 0.387 e. The summed E-state index contributed by atoms with van der Waals surface area (Å²) in [5, 5.41) is 13.9. The number of hydrogen-bond acceptors (Lipinski definition) is 4. The van der Waals surface area contributed by atoms with Gasteiger partial charge in [-0.05, 0) is 37.1 Å². The molecule has 0 spiro atoms. The molecule has 0 radical (unpaired) electrons. The van der Waals surface area contributed by atoms with Crippen LogP contribution in [0.3, 0.4) is 0 Å². The number of nitrogens with zero attached hydrogens (tertiary/aromatic N) is 2. The van der Waals surface area contributed by atoms with Gasteiger partial charge < -0.3 is 10.4 Å². The van der Waals surface area contributed by atoms with Gasteiger partial charge in [0.15, 0.2) is 0 Å². The van der Waals surface area contributed by atoms with Crippen molar-refractivity contribution >= 4 is 17.4 Å². The van der Waals surface area contributed by atoms with Crippen LogP contribution < -0.4 is 5.32 Å². The molecule has 1 aromatic carbocycles. The highest BCUT2D eigenvalue weighted by Crippen LogP contribution is 2.21. The maximum Gasteiger partial charge on any atom is 0.129 e. The van der Waals surface area contributed by atoms with E-state index in [2.05, 4.69) is 15.3 Å². The van der Waals surface area contributed by atoms with Gasteiger partial charge in [0.2, 0.25) is 0 Å². The molecule has 0 amide bonds. The third-order valence-electron chi connectivity index (χ3n) is 2.87. The molecule has 0 saturated heterocycles. The molecule has 4 nitrogen and oxygen atoms in total. The standard InChI is InChI=1S/C14H16ClN3O.C2H6/c1-9-5-11(15)3-4-12(9)13(19)7-16-14-6-10(2)17-8-18-14;1-2/h3-6,8,13,19H,7H2,1-2H3,(H,16,17,18);1-2H3. The van der Waals surface area contributed by atoms with Crippen LogP contribution in [0.2, 0.25) is 5.02 Å². The molecule has 0 aliphatic carbocycles. The van der Waals surface area contributed by atoms with Crippen molar-refractivity contribution in [2.75, 3.05) is 11.9 Å². The Labute approximate surface area is 131 Å². The molecule has 2 rings (SSSR count). The molecular weight excluding hydrogens is 286 g/mol. The SMILES string of the molecule is CC.Cc1cc(NCC(O)c2ccc(Cl)cc2C)ncn1. The molecule has 5 heteroatoms. The number of nitrogens with one attached hydrogen (secondary N) is 1. The van der Waals surface area contributed by atoms with Gasteiger partial charge >= 0.3 is 0 Å². The van der Waals surface area contributed by atoms with Gasteiger partial charge in [0.1, 0.15) is 12.1 Å². The van der Waals surface area contributed by atoms with Gasteiger partial charge in [-0.25, -0.2) is 9.97 Å². The summed E-state index contributed by atoms with van der Waals surface area (Å²) >= 11 is 5.90. The van der Waals surface area contributed by atoms with Crippen molar-refractivity contribution in [1.29, 1.82) is 0 Å². The average molecular weight is 308 g/mol. The van der Waals surface area contributed by atoms with Gasteiger partial charge in [-0.3, -0.25) is 0 Å². The Bertz CT molecular complexity index is 575. The van der Waals surface area contributed by atoms with Crippen molar-refractivity contribution in [3.05, 3.63) is 52.4 Å². The Morgan fingerprint density at radius 1 is 1.19 bits per heavy atom. The lowest BCUT2D eigenvalue weighted by Crippen LogP contribution is -2.14. The minimum absolute atomic E-state index is 0.388. The number of halogens is 1. The van der Waals surface area contributed by atoms with Crippen LogP contribution in [-0.2, 0) is 0 Å². The Balaban J connectivity index is 0.00000106.